The number of fused-ring (bicyclic) bond motifs is 3. The van der Waals surface area contributed by atoms with Crippen LogP contribution in [0.3, 0.4) is 0 Å². The number of nitrogens with one attached hydrogen (secondary N) is 3. The summed E-state index contributed by atoms with van der Waals surface area (Å²) in [7, 11) is 1.70. The Labute approximate surface area is 442 Å². The Hall–Kier alpha value is -7.64. The van der Waals surface area contributed by atoms with Gasteiger partial charge in [-0.05, 0) is 131 Å². The van der Waals surface area contributed by atoms with Crippen molar-refractivity contribution in [2.45, 2.75) is 90.2 Å². The Bertz CT molecular complexity index is 3390. The minimum absolute atomic E-state index is 0.123. The maximum absolute atomic E-state index is 15.8. The van der Waals surface area contributed by atoms with Crippen molar-refractivity contribution in [1.29, 1.82) is 0 Å². The van der Waals surface area contributed by atoms with Crippen molar-refractivity contribution in [2.75, 3.05) is 48.3 Å². The van der Waals surface area contributed by atoms with E-state index in [0.29, 0.717) is 94.6 Å². The molecule has 0 spiro atoms. The number of amides is 4. The van der Waals surface area contributed by atoms with Crippen LogP contribution in [0.4, 0.5) is 25.4 Å². The van der Waals surface area contributed by atoms with Crippen LogP contribution in [0.25, 0.3) is 32.2 Å². The molecule has 2 unspecified atom stereocenters. The average Bonchev–Trinajstić information content (AvgIpc) is 3.99. The predicted molar refractivity (Wildman–Crippen MR) is 287 cm³/mol. The lowest BCUT2D eigenvalue weighted by atomic mass is 9.88. The fourth-order valence-corrected chi connectivity index (χ4v) is 11.5. The average molecular weight is 1050 g/mol. The van der Waals surface area contributed by atoms with Gasteiger partial charge < -0.3 is 19.7 Å². The monoisotopic (exact) mass is 1050 g/mol. The first kappa shape index (κ1) is 51.8. The molecule has 16 nitrogen and oxygen atoms in total. The number of ether oxygens (including phenoxy) is 2. The number of hydrogen-bond acceptors (Lipinski definition) is 13. The molecule has 3 aliphatic rings. The van der Waals surface area contributed by atoms with Gasteiger partial charge in [0.1, 0.15) is 17.2 Å². The number of para-hydroxylation sites is 2. The highest BCUT2D eigenvalue weighted by atomic mass is 32.1. The lowest BCUT2D eigenvalue weighted by Gasteiger charge is -2.38. The number of aromatic nitrogens is 4. The third-order valence-electron chi connectivity index (χ3n) is 14.3. The molecule has 3 aliphatic heterocycles. The lowest BCUT2D eigenvalue weighted by molar-refractivity contribution is -0.134. The number of pyridine rings is 1. The van der Waals surface area contributed by atoms with Gasteiger partial charge in [0, 0.05) is 49.0 Å². The van der Waals surface area contributed by atoms with Crippen LogP contribution >= 0.6 is 11.3 Å². The SMILES string of the molecule is Cc1c(OCCCC2CCN(CC(=O)Nc3cccc4c(C5CCC(=O)NC5=O)nn(C)c34)CC2(F)F)cccc1-c1ccc(N2CCc3cccc(C(=O)Nc4nc5ccccc5s4)c3C2)nc1C(=O)OC(C)(C)C. The summed E-state index contributed by atoms with van der Waals surface area (Å²) in [5, 5.41) is 14.0. The van der Waals surface area contributed by atoms with E-state index in [2.05, 4.69) is 30.9 Å². The lowest BCUT2D eigenvalue weighted by Crippen LogP contribution is -2.50. The zero-order valence-corrected chi connectivity index (χ0v) is 43.8. The van der Waals surface area contributed by atoms with Gasteiger partial charge in [-0.3, -0.25) is 39.4 Å². The van der Waals surface area contributed by atoms with Gasteiger partial charge >= 0.3 is 5.97 Å². The van der Waals surface area contributed by atoms with Gasteiger partial charge in [0.15, 0.2) is 10.8 Å². The fourth-order valence-electron chi connectivity index (χ4n) is 10.6. The third kappa shape index (κ3) is 11.0. The number of esters is 1. The smallest absolute Gasteiger partial charge is 0.358 e. The zero-order chi connectivity index (χ0) is 53.5. The maximum atomic E-state index is 15.8. The topological polar surface area (TPSA) is 190 Å². The molecule has 2 atom stereocenters. The molecule has 0 aliphatic carbocycles. The van der Waals surface area contributed by atoms with Crippen molar-refractivity contribution in [1.82, 2.24) is 30.0 Å². The summed E-state index contributed by atoms with van der Waals surface area (Å²) in [6, 6.07) is 27.9. The summed E-state index contributed by atoms with van der Waals surface area (Å²) in [5.41, 5.74) is 6.11. The van der Waals surface area contributed by atoms with Crippen LogP contribution in [0.15, 0.2) is 91.0 Å². The summed E-state index contributed by atoms with van der Waals surface area (Å²) in [6.07, 6.45) is 1.95. The van der Waals surface area contributed by atoms with Gasteiger partial charge in [0.05, 0.1) is 52.7 Å². The number of aryl methyl sites for hydroxylation is 1. The quantitative estimate of drug-likeness (QED) is 0.0532. The van der Waals surface area contributed by atoms with Crippen molar-refractivity contribution in [2.24, 2.45) is 13.0 Å². The number of carbonyl (C=O) groups is 5. The summed E-state index contributed by atoms with van der Waals surface area (Å²) >= 11 is 1.42. The molecule has 4 aromatic carbocycles. The Morgan fingerprint density at radius 2 is 1.70 bits per heavy atom. The first-order chi connectivity index (χ1) is 36.4. The van der Waals surface area contributed by atoms with E-state index in [1.54, 1.807) is 50.7 Å². The molecule has 19 heteroatoms. The van der Waals surface area contributed by atoms with Crippen molar-refractivity contribution in [3.8, 4) is 16.9 Å². The van der Waals surface area contributed by atoms with E-state index in [0.717, 1.165) is 26.9 Å². The molecule has 6 heterocycles. The molecule has 2 fully saturated rings. The zero-order valence-electron chi connectivity index (χ0n) is 43.0. The number of hydrogen-bond donors (Lipinski definition) is 3. The highest BCUT2D eigenvalue weighted by molar-refractivity contribution is 7.22. The largest absolute Gasteiger partial charge is 0.493 e. The molecule has 3 aromatic heterocycles. The summed E-state index contributed by atoms with van der Waals surface area (Å²) < 4.78 is 46.3. The van der Waals surface area contributed by atoms with E-state index in [4.69, 9.17) is 14.5 Å². The maximum Gasteiger partial charge on any atom is 0.358 e. The number of halogens is 2. The minimum Gasteiger partial charge on any atom is -0.493 e. The first-order valence-electron chi connectivity index (χ1n) is 25.6. The number of nitrogens with zero attached hydrogens (tertiary/aromatic N) is 6. The fraction of sp³-hybridized carbons (Fsp3) is 0.368. The second-order valence-corrected chi connectivity index (χ2v) is 21.8. The molecule has 0 bridgehead atoms. The van der Waals surface area contributed by atoms with E-state index in [1.165, 1.54) is 16.2 Å². The number of alkyl halides is 2. The molecule has 4 amide bonds. The molecule has 0 radical (unpaired) electrons. The van der Waals surface area contributed by atoms with Crippen LogP contribution in [0.2, 0.25) is 0 Å². The van der Waals surface area contributed by atoms with Crippen molar-refractivity contribution in [3.05, 3.63) is 125 Å². The number of anilines is 3. The second kappa shape index (κ2) is 21.2. The number of rotatable bonds is 14. The standard InChI is InChI=1S/C57H59F2N9O7S/c1-33-36(37-21-23-46(62-50(37)54(73)75-56(2,3)4)68-28-25-34-12-8-15-38(41(34)30-68)52(71)64-55-61-42-17-6-7-20-45(42)76-55)14-10-19-44(33)74-29-11-13-35-26-27-67(32-57(35,58)59)31-48(70)60-43-18-9-16-39-49(65-66(5)51(39)43)40-22-24-47(69)63-53(40)72/h6-10,12,14-21,23,35,40H,11,13,22,24-32H2,1-5H3,(H,60,70)(H,61,64,71)(H,63,69,72). The van der Waals surface area contributed by atoms with E-state index < -0.39 is 47.7 Å². The van der Waals surface area contributed by atoms with Gasteiger partial charge in [-0.1, -0.05) is 59.9 Å². The molecule has 2 saturated heterocycles. The normalized spacial score (nSPS) is 17.8. The van der Waals surface area contributed by atoms with Crippen LogP contribution in [0.1, 0.15) is 102 Å². The molecule has 3 N–H and O–H groups in total. The van der Waals surface area contributed by atoms with Gasteiger partial charge in [-0.25, -0.2) is 23.5 Å². The van der Waals surface area contributed by atoms with Crippen LogP contribution in [0, 0.1) is 12.8 Å². The number of piperidine rings is 2. The number of benzene rings is 4. The number of likely N-dealkylation sites (tertiary alicyclic amines) is 1. The molecule has 10 rings (SSSR count). The van der Waals surface area contributed by atoms with Gasteiger partial charge in [0.25, 0.3) is 11.8 Å². The molecule has 0 saturated carbocycles. The van der Waals surface area contributed by atoms with Crippen molar-refractivity contribution >= 4 is 78.7 Å². The third-order valence-corrected chi connectivity index (χ3v) is 15.2. The van der Waals surface area contributed by atoms with Crippen LogP contribution in [0.5, 0.6) is 5.75 Å². The first-order valence-corrected chi connectivity index (χ1v) is 26.4. The number of imide groups is 1. The minimum atomic E-state index is -3.04. The van der Waals surface area contributed by atoms with E-state index in [1.807, 2.05) is 79.7 Å². The predicted octanol–water partition coefficient (Wildman–Crippen LogP) is 9.60. The van der Waals surface area contributed by atoms with E-state index in [9.17, 15) is 24.0 Å². The Kier molecular flexibility index (Phi) is 14.4. The van der Waals surface area contributed by atoms with Crippen LogP contribution in [-0.2, 0) is 39.1 Å². The second-order valence-electron chi connectivity index (χ2n) is 20.8. The molecule has 76 heavy (non-hydrogen) atoms. The van der Waals surface area contributed by atoms with E-state index >= 15 is 8.78 Å². The highest BCUT2D eigenvalue weighted by Gasteiger charge is 2.44. The Morgan fingerprint density at radius 3 is 2.49 bits per heavy atom. The highest BCUT2D eigenvalue weighted by Crippen LogP contribution is 2.39. The van der Waals surface area contributed by atoms with Crippen LogP contribution in [-0.4, -0.2) is 98.6 Å². The van der Waals surface area contributed by atoms with Crippen molar-refractivity contribution in [3.63, 3.8) is 0 Å². The molecular formula is C57H59F2N9O7S. The Balaban J connectivity index is 0.770. The number of carbonyl (C=O) groups excluding carboxylic acids is 5. The van der Waals surface area contributed by atoms with Crippen LogP contribution < -0.4 is 25.6 Å². The summed E-state index contributed by atoms with van der Waals surface area (Å²) in [4.78, 5) is 78.7. The van der Waals surface area contributed by atoms with Gasteiger partial charge in [-0.15, -0.1) is 0 Å². The summed E-state index contributed by atoms with van der Waals surface area (Å²) in [6.45, 7) is 7.96. The van der Waals surface area contributed by atoms with Gasteiger partial charge in [-0.2, -0.15) is 5.10 Å². The van der Waals surface area contributed by atoms with Gasteiger partial charge in [0.2, 0.25) is 17.7 Å². The molecule has 7 aromatic rings. The van der Waals surface area contributed by atoms with Crippen molar-refractivity contribution < 1.29 is 42.2 Å². The van der Waals surface area contributed by atoms with E-state index in [-0.39, 0.29) is 49.9 Å². The number of thiazole rings is 1. The Morgan fingerprint density at radius 1 is 0.895 bits per heavy atom. The molecule has 394 valence electrons. The molecular weight excluding hydrogens is 993 g/mol. The summed E-state index contributed by atoms with van der Waals surface area (Å²) in [5.74, 6) is -5.52.